The molecule has 0 amide bonds. The van der Waals surface area contributed by atoms with Crippen molar-refractivity contribution >= 4 is 39.0 Å². The molecule has 0 unspecified atom stereocenters. The van der Waals surface area contributed by atoms with E-state index in [1.807, 2.05) is 48.5 Å². The summed E-state index contributed by atoms with van der Waals surface area (Å²) in [5.74, 6) is 2.89. The average Bonchev–Trinajstić information content (AvgIpc) is 3.76. The lowest BCUT2D eigenvalue weighted by Gasteiger charge is -2.10. The maximum absolute atomic E-state index is 6.42. The second-order valence-electron chi connectivity index (χ2n) is 12.7. The highest BCUT2D eigenvalue weighted by atomic mass is 16.3. The maximum Gasteiger partial charge on any atom is 0.164 e. The third-order valence-corrected chi connectivity index (χ3v) is 9.61. The Morgan fingerprint density at radius 3 is 1.88 bits per heavy atom. The molecular weight excluding hydrogens is 615 g/mol. The number of benzene rings is 6. The lowest BCUT2D eigenvalue weighted by Crippen LogP contribution is -2.00. The first-order valence-electron chi connectivity index (χ1n) is 16.9. The molecule has 0 bridgehead atoms. The molecular formula is C45H29N3O2. The van der Waals surface area contributed by atoms with E-state index in [0.717, 1.165) is 84.9 Å². The van der Waals surface area contributed by atoms with E-state index in [-0.39, 0.29) is 0 Å². The first-order valence-corrected chi connectivity index (χ1v) is 16.9. The van der Waals surface area contributed by atoms with Gasteiger partial charge in [-0.05, 0) is 59.0 Å². The largest absolute Gasteiger partial charge is 0.460 e. The van der Waals surface area contributed by atoms with Gasteiger partial charge in [0.2, 0.25) is 0 Å². The van der Waals surface area contributed by atoms with E-state index >= 15 is 0 Å². The molecule has 1 aliphatic carbocycles. The first-order chi connectivity index (χ1) is 24.7. The van der Waals surface area contributed by atoms with Gasteiger partial charge < -0.3 is 8.83 Å². The van der Waals surface area contributed by atoms with Crippen molar-refractivity contribution in [2.24, 2.45) is 0 Å². The number of nitrogens with zero attached hydrogens (tertiary/aromatic N) is 3. The highest BCUT2D eigenvalue weighted by molar-refractivity contribution is 6.13. The Morgan fingerprint density at radius 1 is 0.440 bits per heavy atom. The molecule has 9 aromatic rings. The minimum Gasteiger partial charge on any atom is -0.460 e. The Labute approximate surface area is 288 Å². The molecule has 1 aliphatic rings. The Kier molecular flexibility index (Phi) is 6.56. The van der Waals surface area contributed by atoms with Crippen molar-refractivity contribution < 1.29 is 8.83 Å². The van der Waals surface area contributed by atoms with Gasteiger partial charge in [0.25, 0.3) is 0 Å². The van der Waals surface area contributed by atoms with Crippen molar-refractivity contribution in [1.82, 2.24) is 15.0 Å². The summed E-state index contributed by atoms with van der Waals surface area (Å²) < 4.78 is 12.7. The summed E-state index contributed by atoms with van der Waals surface area (Å²) in [6.07, 6.45) is 6.36. The molecule has 5 heteroatoms. The summed E-state index contributed by atoms with van der Waals surface area (Å²) in [6.45, 7) is 0. The van der Waals surface area contributed by atoms with Crippen LogP contribution >= 0.6 is 0 Å². The molecule has 0 aliphatic heterocycles. The van der Waals surface area contributed by atoms with Crippen LogP contribution in [0.25, 0.3) is 95.4 Å². The summed E-state index contributed by atoms with van der Waals surface area (Å²) >= 11 is 0. The number of aryl methyl sites for hydroxylation is 1. The predicted octanol–water partition coefficient (Wildman–Crippen LogP) is 11.8. The lowest BCUT2D eigenvalue weighted by atomic mass is 9.98. The zero-order valence-electron chi connectivity index (χ0n) is 27.0. The van der Waals surface area contributed by atoms with E-state index < -0.39 is 0 Å². The fourth-order valence-electron chi connectivity index (χ4n) is 7.11. The van der Waals surface area contributed by atoms with Crippen molar-refractivity contribution in [2.75, 3.05) is 0 Å². The Morgan fingerprint density at radius 2 is 1.08 bits per heavy atom. The summed E-state index contributed by atoms with van der Waals surface area (Å²) in [6, 6.07) is 47.8. The summed E-state index contributed by atoms with van der Waals surface area (Å²) in [7, 11) is 0. The highest BCUT2D eigenvalue weighted by Gasteiger charge is 2.19. The molecule has 10 rings (SSSR count). The Bertz CT molecular complexity index is 2740. The fourth-order valence-corrected chi connectivity index (χ4v) is 7.11. The van der Waals surface area contributed by atoms with Gasteiger partial charge in [0.05, 0.1) is 0 Å². The van der Waals surface area contributed by atoms with E-state index in [2.05, 4.69) is 103 Å². The SMILES string of the molecule is C1=Cc2c(oc3cc(-c4ccc5oc6cccc(-c7nc(-c8ccccc8)nc(-c8ccc(-c9ccccc9)cc8)n7)c6c5c4)ccc23)CC1. The van der Waals surface area contributed by atoms with Crippen LogP contribution in [-0.4, -0.2) is 15.0 Å². The number of fused-ring (bicyclic) bond motifs is 6. The predicted molar refractivity (Wildman–Crippen MR) is 201 cm³/mol. The molecule has 5 nitrogen and oxygen atoms in total. The zero-order chi connectivity index (χ0) is 33.0. The van der Waals surface area contributed by atoms with Crippen molar-refractivity contribution in [3.8, 4) is 56.4 Å². The minimum atomic E-state index is 0.593. The van der Waals surface area contributed by atoms with Crippen LogP contribution in [0, 0.1) is 0 Å². The van der Waals surface area contributed by atoms with Gasteiger partial charge in [-0.15, -0.1) is 0 Å². The van der Waals surface area contributed by atoms with Crippen LogP contribution in [0.3, 0.4) is 0 Å². The number of hydrogen-bond donors (Lipinski definition) is 0. The van der Waals surface area contributed by atoms with Crippen LogP contribution in [-0.2, 0) is 6.42 Å². The van der Waals surface area contributed by atoms with Gasteiger partial charge in [-0.1, -0.05) is 121 Å². The molecule has 3 heterocycles. The van der Waals surface area contributed by atoms with Gasteiger partial charge in [0.15, 0.2) is 17.5 Å². The zero-order valence-corrected chi connectivity index (χ0v) is 27.0. The van der Waals surface area contributed by atoms with Gasteiger partial charge in [0.1, 0.15) is 22.5 Å². The van der Waals surface area contributed by atoms with Crippen LogP contribution in [0.5, 0.6) is 0 Å². The molecule has 6 aromatic carbocycles. The molecule has 0 spiro atoms. The standard InChI is InChI=1S/C45H29N3O2/c1-3-10-28(11-4-1)29-18-20-31(21-19-29)44-46-43(30-12-5-2-6-13-30)47-45(48-44)36-15-9-17-40-42(36)37-26-32(23-25-39(37)49-40)33-22-24-35-34-14-7-8-16-38(34)50-41(35)27-33/h1-7,9-15,17-27H,8,16H2. The molecule has 0 radical (unpaired) electrons. The number of hydrogen-bond acceptors (Lipinski definition) is 5. The smallest absolute Gasteiger partial charge is 0.164 e. The normalized spacial score (nSPS) is 12.6. The van der Waals surface area contributed by atoms with Gasteiger partial charge in [-0.3, -0.25) is 0 Å². The molecule has 0 saturated heterocycles. The first kappa shape index (κ1) is 28.4. The van der Waals surface area contributed by atoms with Gasteiger partial charge in [-0.25, -0.2) is 15.0 Å². The minimum absolute atomic E-state index is 0.593. The summed E-state index contributed by atoms with van der Waals surface area (Å²) in [5.41, 5.74) is 10.9. The number of furan rings is 2. The van der Waals surface area contributed by atoms with Gasteiger partial charge >= 0.3 is 0 Å². The van der Waals surface area contributed by atoms with Crippen LogP contribution in [0.1, 0.15) is 17.7 Å². The van der Waals surface area contributed by atoms with E-state index in [4.69, 9.17) is 23.8 Å². The van der Waals surface area contributed by atoms with E-state index in [1.54, 1.807) is 0 Å². The monoisotopic (exact) mass is 643 g/mol. The van der Waals surface area contributed by atoms with Gasteiger partial charge in [0, 0.05) is 44.8 Å². The Hall–Kier alpha value is -6.59. The lowest BCUT2D eigenvalue weighted by molar-refractivity contribution is 0.546. The second-order valence-corrected chi connectivity index (χ2v) is 12.7. The number of allylic oxidation sites excluding steroid dienone is 1. The third kappa shape index (κ3) is 4.82. The topological polar surface area (TPSA) is 65.0 Å². The van der Waals surface area contributed by atoms with E-state index in [0.29, 0.717) is 17.5 Å². The van der Waals surface area contributed by atoms with Crippen LogP contribution in [0.2, 0.25) is 0 Å². The maximum atomic E-state index is 6.42. The molecule has 0 fully saturated rings. The van der Waals surface area contributed by atoms with Crippen LogP contribution < -0.4 is 0 Å². The quantitative estimate of drug-likeness (QED) is 0.187. The van der Waals surface area contributed by atoms with Crippen molar-refractivity contribution in [1.29, 1.82) is 0 Å². The van der Waals surface area contributed by atoms with Crippen LogP contribution in [0.15, 0.2) is 154 Å². The molecule has 0 saturated carbocycles. The second kappa shape index (κ2) is 11.5. The summed E-state index contributed by atoms with van der Waals surface area (Å²) in [4.78, 5) is 15.1. The van der Waals surface area contributed by atoms with Crippen molar-refractivity contribution in [3.05, 3.63) is 157 Å². The average molecular weight is 644 g/mol. The number of aromatic nitrogens is 3. The summed E-state index contributed by atoms with van der Waals surface area (Å²) in [5, 5.41) is 3.14. The molecule has 3 aromatic heterocycles. The van der Waals surface area contributed by atoms with Crippen molar-refractivity contribution in [2.45, 2.75) is 12.8 Å². The molecule has 236 valence electrons. The molecule has 0 N–H and O–H groups in total. The number of rotatable bonds is 5. The Balaban J connectivity index is 1.12. The van der Waals surface area contributed by atoms with Crippen molar-refractivity contribution in [3.63, 3.8) is 0 Å². The molecule has 0 atom stereocenters. The van der Waals surface area contributed by atoms with Gasteiger partial charge in [-0.2, -0.15) is 0 Å². The fraction of sp³-hybridized carbons (Fsp3) is 0.0444. The van der Waals surface area contributed by atoms with Crippen LogP contribution in [0.4, 0.5) is 0 Å². The van der Waals surface area contributed by atoms with E-state index in [1.165, 1.54) is 11.1 Å². The van der Waals surface area contributed by atoms with E-state index in [9.17, 15) is 0 Å². The molecule has 50 heavy (non-hydrogen) atoms. The third-order valence-electron chi connectivity index (χ3n) is 9.61. The highest BCUT2D eigenvalue weighted by Crippen LogP contribution is 2.40.